The molecule has 0 radical (unpaired) electrons. The number of fused-ring (bicyclic) bond motifs is 1. The molecule has 0 spiro atoms. The summed E-state index contributed by atoms with van der Waals surface area (Å²) < 4.78 is 24.5. The second kappa shape index (κ2) is 9.43. The minimum absolute atomic E-state index is 0.133. The van der Waals surface area contributed by atoms with E-state index in [-0.39, 0.29) is 6.10 Å². The molecule has 184 valence electrons. The minimum atomic E-state index is -0.408. The zero-order chi connectivity index (χ0) is 23.8. The van der Waals surface area contributed by atoms with E-state index in [9.17, 15) is 4.79 Å². The Labute approximate surface area is 204 Å². The summed E-state index contributed by atoms with van der Waals surface area (Å²) in [5, 5.41) is 3.79. The zero-order valence-electron chi connectivity index (χ0n) is 19.7. The van der Waals surface area contributed by atoms with Crippen molar-refractivity contribution in [3.63, 3.8) is 0 Å². The van der Waals surface area contributed by atoms with Crippen LogP contribution in [-0.4, -0.2) is 43.4 Å². The smallest absolute Gasteiger partial charge is 0.411 e. The molecule has 2 saturated carbocycles. The predicted molar refractivity (Wildman–Crippen MR) is 134 cm³/mol. The molecule has 2 aromatic carbocycles. The van der Waals surface area contributed by atoms with Crippen molar-refractivity contribution in [2.24, 2.45) is 5.92 Å². The number of amides is 1. The maximum absolute atomic E-state index is 12.1. The summed E-state index contributed by atoms with van der Waals surface area (Å²) in [6.45, 7) is 1.83. The van der Waals surface area contributed by atoms with Crippen LogP contribution in [0.2, 0.25) is 0 Å². The van der Waals surface area contributed by atoms with Gasteiger partial charge in [0.2, 0.25) is 0 Å². The van der Waals surface area contributed by atoms with Gasteiger partial charge in [-0.3, -0.25) is 5.32 Å². The number of aromatic nitrogens is 1. The van der Waals surface area contributed by atoms with Crippen molar-refractivity contribution in [1.82, 2.24) is 4.57 Å². The lowest BCUT2D eigenvalue weighted by atomic mass is 9.92. The number of carbonyl (C=O) groups is 1. The molecule has 2 aliphatic carbocycles. The van der Waals surface area contributed by atoms with E-state index in [2.05, 4.69) is 16.0 Å². The minimum Gasteiger partial charge on any atom is -0.486 e. The molecule has 0 unspecified atom stereocenters. The maximum Gasteiger partial charge on any atom is 0.411 e. The highest BCUT2D eigenvalue weighted by Gasteiger charge is 2.27. The monoisotopic (exact) mass is 477 g/mol. The summed E-state index contributed by atoms with van der Waals surface area (Å²) in [7, 11) is 0. The van der Waals surface area contributed by atoms with Crippen LogP contribution < -0.4 is 15.8 Å². The summed E-state index contributed by atoms with van der Waals surface area (Å²) >= 11 is 0. The molecule has 35 heavy (non-hydrogen) atoms. The zero-order valence-corrected chi connectivity index (χ0v) is 19.7. The number of ether oxygens (including phenoxy) is 4. The van der Waals surface area contributed by atoms with Crippen LogP contribution in [0.25, 0.3) is 22.2 Å². The molecule has 3 aromatic rings. The SMILES string of the molecule is Nc1c(-c2ccc(NC(=O)OCC3CC3)cc2)n(C2CCC2)c2ccc(OC3COCOC3)cc12. The maximum atomic E-state index is 12.1. The molecule has 3 fully saturated rings. The highest BCUT2D eigenvalue weighted by Crippen LogP contribution is 2.45. The molecule has 1 aromatic heterocycles. The van der Waals surface area contributed by atoms with E-state index >= 15 is 0 Å². The summed E-state index contributed by atoms with van der Waals surface area (Å²) in [6.07, 6.45) is 5.25. The third-order valence-electron chi connectivity index (χ3n) is 7.08. The van der Waals surface area contributed by atoms with Gasteiger partial charge in [-0.2, -0.15) is 0 Å². The Morgan fingerprint density at radius 1 is 1.06 bits per heavy atom. The first-order chi connectivity index (χ1) is 17.2. The number of hydrogen-bond acceptors (Lipinski definition) is 6. The van der Waals surface area contributed by atoms with Crippen molar-refractivity contribution in [2.75, 3.05) is 37.7 Å². The van der Waals surface area contributed by atoms with Gasteiger partial charge in [-0.05, 0) is 68.4 Å². The summed E-state index contributed by atoms with van der Waals surface area (Å²) in [6, 6.07) is 14.3. The van der Waals surface area contributed by atoms with Crippen LogP contribution in [0.4, 0.5) is 16.2 Å². The Hall–Kier alpha value is -3.23. The predicted octanol–water partition coefficient (Wildman–Crippen LogP) is 5.33. The third kappa shape index (κ3) is 4.68. The number of nitrogens with zero attached hydrogens (tertiary/aromatic N) is 1. The highest BCUT2D eigenvalue weighted by atomic mass is 16.7. The van der Waals surface area contributed by atoms with E-state index in [1.54, 1.807) is 0 Å². The summed E-state index contributed by atoms with van der Waals surface area (Å²) in [4.78, 5) is 12.1. The Kier molecular flexibility index (Phi) is 6.00. The third-order valence-corrected chi connectivity index (χ3v) is 7.08. The molecule has 6 rings (SSSR count). The standard InChI is InChI=1S/C27H31N3O5/c28-25-23-12-21(35-22-14-32-16-33-15-22)10-11-24(23)30(20-2-1-3-20)26(25)18-6-8-19(9-7-18)29-27(31)34-13-17-4-5-17/h6-12,17,20,22H,1-5,13-16,28H2,(H,29,31). The van der Waals surface area contributed by atoms with Crippen molar-refractivity contribution < 1.29 is 23.7 Å². The van der Waals surface area contributed by atoms with Gasteiger partial charge in [-0.1, -0.05) is 12.1 Å². The van der Waals surface area contributed by atoms with E-state index in [0.29, 0.717) is 44.3 Å². The van der Waals surface area contributed by atoms with Gasteiger partial charge in [-0.25, -0.2) is 4.79 Å². The molecule has 0 bridgehead atoms. The van der Waals surface area contributed by atoms with E-state index in [1.165, 1.54) is 6.42 Å². The highest BCUT2D eigenvalue weighted by molar-refractivity contribution is 6.02. The van der Waals surface area contributed by atoms with Gasteiger partial charge in [0.1, 0.15) is 18.6 Å². The van der Waals surface area contributed by atoms with Crippen LogP contribution in [-0.2, 0) is 14.2 Å². The van der Waals surface area contributed by atoms with Crippen LogP contribution in [0.3, 0.4) is 0 Å². The number of nitrogens with one attached hydrogen (secondary N) is 1. The molecule has 1 saturated heterocycles. The van der Waals surface area contributed by atoms with Crippen molar-refractivity contribution >= 4 is 28.4 Å². The summed E-state index contributed by atoms with van der Waals surface area (Å²) in [5.41, 5.74) is 11.3. The Bertz CT molecular complexity index is 1210. The Balaban J connectivity index is 1.28. The first kappa shape index (κ1) is 22.2. The molecule has 8 heteroatoms. The Morgan fingerprint density at radius 3 is 2.51 bits per heavy atom. The topological polar surface area (TPSA) is 97.0 Å². The summed E-state index contributed by atoms with van der Waals surface area (Å²) in [5.74, 6) is 1.29. The fraction of sp³-hybridized carbons (Fsp3) is 0.444. The van der Waals surface area contributed by atoms with Gasteiger partial charge in [0.25, 0.3) is 0 Å². The number of nitrogens with two attached hydrogens (primary N) is 1. The molecular formula is C27H31N3O5. The lowest BCUT2D eigenvalue weighted by Crippen LogP contribution is -2.33. The van der Waals surface area contributed by atoms with E-state index in [1.807, 2.05) is 36.4 Å². The van der Waals surface area contributed by atoms with Crippen molar-refractivity contribution in [3.05, 3.63) is 42.5 Å². The Morgan fingerprint density at radius 2 is 1.83 bits per heavy atom. The van der Waals surface area contributed by atoms with Crippen LogP contribution in [0, 0.1) is 5.92 Å². The quantitative estimate of drug-likeness (QED) is 0.478. The normalized spacial score (nSPS) is 18.9. The van der Waals surface area contributed by atoms with Crippen molar-refractivity contribution in [1.29, 1.82) is 0 Å². The second-order valence-corrected chi connectivity index (χ2v) is 9.74. The van der Waals surface area contributed by atoms with Gasteiger partial charge in [-0.15, -0.1) is 0 Å². The molecule has 1 aliphatic heterocycles. The molecule has 3 aliphatic rings. The van der Waals surface area contributed by atoms with Crippen LogP contribution in [0.5, 0.6) is 5.75 Å². The number of carbonyl (C=O) groups excluding carboxylic acids is 1. The van der Waals surface area contributed by atoms with Crippen LogP contribution >= 0.6 is 0 Å². The van der Waals surface area contributed by atoms with Gasteiger partial charge in [0.15, 0.2) is 0 Å². The number of hydrogen-bond donors (Lipinski definition) is 2. The lowest BCUT2D eigenvalue weighted by Gasteiger charge is -2.30. The van der Waals surface area contributed by atoms with Gasteiger partial charge in [0.05, 0.1) is 36.7 Å². The first-order valence-corrected chi connectivity index (χ1v) is 12.5. The molecule has 8 nitrogen and oxygen atoms in total. The van der Waals surface area contributed by atoms with E-state index in [4.69, 9.17) is 24.7 Å². The van der Waals surface area contributed by atoms with Crippen molar-refractivity contribution in [2.45, 2.75) is 44.2 Å². The largest absolute Gasteiger partial charge is 0.486 e. The molecule has 1 amide bonds. The average Bonchev–Trinajstić information content (AvgIpc) is 3.63. The van der Waals surface area contributed by atoms with Gasteiger partial charge >= 0.3 is 6.09 Å². The molecule has 3 N–H and O–H groups in total. The second-order valence-electron chi connectivity index (χ2n) is 9.74. The number of nitrogen functional groups attached to an aromatic ring is 1. The molecule has 2 heterocycles. The number of anilines is 2. The van der Waals surface area contributed by atoms with E-state index in [0.717, 1.165) is 59.3 Å². The van der Waals surface area contributed by atoms with Gasteiger partial charge in [0, 0.05) is 22.7 Å². The van der Waals surface area contributed by atoms with Crippen LogP contribution in [0.1, 0.15) is 38.1 Å². The number of benzene rings is 2. The fourth-order valence-electron chi connectivity index (χ4n) is 4.78. The average molecular weight is 478 g/mol. The van der Waals surface area contributed by atoms with E-state index < -0.39 is 6.09 Å². The first-order valence-electron chi connectivity index (χ1n) is 12.5. The fourth-order valence-corrected chi connectivity index (χ4v) is 4.78. The molecular weight excluding hydrogens is 446 g/mol. The van der Waals surface area contributed by atoms with Crippen molar-refractivity contribution in [3.8, 4) is 17.0 Å². The number of rotatable bonds is 7. The lowest BCUT2D eigenvalue weighted by molar-refractivity contribution is -0.143. The molecule has 0 atom stereocenters. The van der Waals surface area contributed by atoms with Crippen LogP contribution in [0.15, 0.2) is 42.5 Å². The van der Waals surface area contributed by atoms with Gasteiger partial charge < -0.3 is 29.2 Å².